The monoisotopic (exact) mass is 465 g/mol. The first-order valence-corrected chi connectivity index (χ1v) is 12.7. The van der Waals surface area contributed by atoms with Gasteiger partial charge >= 0.3 is 0 Å². The first-order valence-electron chi connectivity index (χ1n) is 12.7. The maximum absolute atomic E-state index is 3.15. The molecule has 0 unspecified atom stereocenters. The lowest BCUT2D eigenvalue weighted by molar-refractivity contribution is 0.372. The third-order valence-electron chi connectivity index (χ3n) is 6.77. The van der Waals surface area contributed by atoms with Gasteiger partial charge in [-0.05, 0) is 84.0 Å². The molecule has 2 aromatic rings. The van der Waals surface area contributed by atoms with Crippen LogP contribution in [0, 0.1) is 19.8 Å². The summed E-state index contributed by atoms with van der Waals surface area (Å²) in [5.41, 5.74) is 7.85. The van der Waals surface area contributed by atoms with Crippen LogP contribution in [0.2, 0.25) is 0 Å². The van der Waals surface area contributed by atoms with Gasteiger partial charge in [-0.15, -0.1) is 0 Å². The number of aryl methyl sites for hydroxylation is 2. The Labute approximate surface area is 214 Å². The van der Waals surface area contributed by atoms with Crippen LogP contribution in [-0.2, 0) is 5.41 Å². The highest BCUT2D eigenvalue weighted by Gasteiger charge is 2.24. The van der Waals surface area contributed by atoms with Gasteiger partial charge in [0.25, 0.3) is 0 Å². The topological polar surface area (TPSA) is 15.8 Å². The largest absolute Gasteiger partial charge is 0.368 e. The number of hydrogen-bond donors (Lipinski definition) is 1. The van der Waals surface area contributed by atoms with E-state index in [9.17, 15) is 0 Å². The molecule has 0 saturated heterocycles. The number of nitrogens with one attached hydrogen (secondary N) is 1. The molecule has 0 aliphatic heterocycles. The van der Waals surface area contributed by atoms with Crippen LogP contribution >= 0.6 is 0 Å². The summed E-state index contributed by atoms with van der Waals surface area (Å²) in [6, 6.07) is 15.1. The molecule has 1 heteroatoms. The summed E-state index contributed by atoms with van der Waals surface area (Å²) in [7, 11) is 0. The first kappa shape index (κ1) is 27.9. The molecule has 0 fully saturated rings. The number of benzene rings is 1. The number of aromatic amines is 1. The van der Waals surface area contributed by atoms with Crippen molar-refractivity contribution in [2.45, 2.75) is 60.3 Å². The average Bonchev–Trinajstić information content (AvgIpc) is 2.92. The molecule has 1 aromatic heterocycles. The maximum Gasteiger partial charge on any atom is 0.00105 e. The number of hydrogen-bond acceptors (Lipinski definition) is 0. The van der Waals surface area contributed by atoms with Gasteiger partial charge in [0.05, 0.1) is 0 Å². The number of rotatable bonds is 9. The molecule has 0 radical (unpaired) electrons. The number of aromatic nitrogens is 1. The summed E-state index contributed by atoms with van der Waals surface area (Å²) in [5.74, 6) is 0.587. The van der Waals surface area contributed by atoms with Crippen LogP contribution in [0.5, 0.6) is 0 Å². The molecule has 1 aromatic carbocycles. The Morgan fingerprint density at radius 1 is 0.886 bits per heavy atom. The molecule has 0 aliphatic carbocycles. The summed E-state index contributed by atoms with van der Waals surface area (Å²) >= 11 is 0. The van der Waals surface area contributed by atoms with Crippen molar-refractivity contribution in [2.75, 3.05) is 0 Å². The molecule has 1 heterocycles. The zero-order chi connectivity index (χ0) is 25.7. The fourth-order valence-corrected chi connectivity index (χ4v) is 3.60. The molecule has 2 rings (SSSR count). The molecule has 0 saturated carbocycles. The SMILES string of the molecule is C/C=C/C(=C\C=C/C=C\c1cc(C(C)(C)C(C)C)ccc1C)C/C=C\c1cc[nH]ccccc1C. The molecular formula is C34H43N. The molecule has 184 valence electrons. The minimum absolute atomic E-state index is 0.160. The van der Waals surface area contributed by atoms with Crippen LogP contribution in [0.4, 0.5) is 0 Å². The molecule has 0 aliphatic rings. The van der Waals surface area contributed by atoms with E-state index in [1.54, 1.807) is 0 Å². The van der Waals surface area contributed by atoms with E-state index in [2.05, 4.69) is 145 Å². The van der Waals surface area contributed by atoms with Gasteiger partial charge in [-0.25, -0.2) is 0 Å². The van der Waals surface area contributed by atoms with Crippen LogP contribution in [0.1, 0.15) is 68.9 Å². The summed E-state index contributed by atoms with van der Waals surface area (Å²) in [5, 5.41) is 0. The van der Waals surface area contributed by atoms with Crippen molar-refractivity contribution in [3.8, 4) is 0 Å². The minimum atomic E-state index is 0.160. The van der Waals surface area contributed by atoms with E-state index in [1.807, 2.05) is 18.5 Å². The smallest absolute Gasteiger partial charge is 0.00105 e. The lowest BCUT2D eigenvalue weighted by atomic mass is 9.74. The normalized spacial score (nSPS) is 13.1. The van der Waals surface area contributed by atoms with Crippen LogP contribution in [-0.4, -0.2) is 4.98 Å². The summed E-state index contributed by atoms with van der Waals surface area (Å²) in [6.45, 7) is 15.6. The molecule has 1 nitrogen and oxygen atoms in total. The summed E-state index contributed by atoms with van der Waals surface area (Å²) < 4.78 is 0. The van der Waals surface area contributed by atoms with Crippen LogP contribution in [0.25, 0.3) is 12.2 Å². The van der Waals surface area contributed by atoms with E-state index >= 15 is 0 Å². The van der Waals surface area contributed by atoms with Gasteiger partial charge in [0.1, 0.15) is 0 Å². The summed E-state index contributed by atoms with van der Waals surface area (Å²) in [6.07, 6.45) is 24.2. The third-order valence-corrected chi connectivity index (χ3v) is 6.77. The highest BCUT2D eigenvalue weighted by atomic mass is 14.6. The zero-order valence-corrected chi connectivity index (χ0v) is 22.7. The van der Waals surface area contributed by atoms with Crippen molar-refractivity contribution >= 4 is 12.2 Å². The standard InChI is InChI=1S/C34H43N/c1-8-15-30(18-14-20-31-23-25-35-24-13-12-16-28(31)4)17-10-9-11-19-32-26-33(22-21-29(32)5)34(6,7)27(2)3/h8-17,19-27,35H,18H2,1-7H3/b10-9-,15-8+,16-12?,19-11-,20-14-,24-13?,25-23?,30-17+,31-28?. The van der Waals surface area contributed by atoms with E-state index in [0.717, 1.165) is 6.42 Å². The highest BCUT2D eigenvalue weighted by Crippen LogP contribution is 2.32. The second kappa shape index (κ2) is 14.2. The van der Waals surface area contributed by atoms with Gasteiger partial charge < -0.3 is 4.98 Å². The molecule has 0 spiro atoms. The van der Waals surface area contributed by atoms with E-state index in [-0.39, 0.29) is 5.41 Å². The van der Waals surface area contributed by atoms with Crippen LogP contribution in [0.3, 0.4) is 0 Å². The van der Waals surface area contributed by atoms with Gasteiger partial charge in [0.15, 0.2) is 0 Å². The van der Waals surface area contributed by atoms with Gasteiger partial charge in [0, 0.05) is 12.4 Å². The van der Waals surface area contributed by atoms with Crippen molar-refractivity contribution in [3.05, 3.63) is 131 Å². The highest BCUT2D eigenvalue weighted by molar-refractivity contribution is 5.57. The fourth-order valence-electron chi connectivity index (χ4n) is 3.60. The van der Waals surface area contributed by atoms with Gasteiger partial charge in [-0.3, -0.25) is 0 Å². The lowest BCUT2D eigenvalue weighted by Gasteiger charge is -2.30. The van der Waals surface area contributed by atoms with Crippen molar-refractivity contribution in [3.63, 3.8) is 0 Å². The second-order valence-corrected chi connectivity index (χ2v) is 9.90. The maximum atomic E-state index is 3.15. The van der Waals surface area contributed by atoms with E-state index < -0.39 is 0 Å². The van der Waals surface area contributed by atoms with Gasteiger partial charge in [-0.1, -0.05) is 113 Å². The molecule has 0 bridgehead atoms. The average molecular weight is 466 g/mol. The summed E-state index contributed by atoms with van der Waals surface area (Å²) in [4.78, 5) is 3.15. The van der Waals surface area contributed by atoms with Crippen molar-refractivity contribution in [1.29, 1.82) is 0 Å². The third kappa shape index (κ3) is 9.09. The van der Waals surface area contributed by atoms with E-state index in [1.165, 1.54) is 33.4 Å². The Kier molecular flexibility index (Phi) is 11.3. The quantitative estimate of drug-likeness (QED) is 0.355. The Morgan fingerprint density at radius 3 is 2.40 bits per heavy atom. The number of H-pyrrole nitrogens is 1. The molecule has 0 atom stereocenters. The molecule has 1 N–H and O–H groups in total. The Morgan fingerprint density at radius 2 is 1.66 bits per heavy atom. The molecule has 0 amide bonds. The Bertz CT molecular complexity index is 1140. The van der Waals surface area contributed by atoms with Crippen molar-refractivity contribution in [1.82, 2.24) is 4.98 Å². The van der Waals surface area contributed by atoms with Crippen LogP contribution in [0.15, 0.2) is 103 Å². The van der Waals surface area contributed by atoms with Crippen LogP contribution < -0.4 is 0 Å². The zero-order valence-electron chi connectivity index (χ0n) is 22.7. The predicted octanol–water partition coefficient (Wildman–Crippen LogP) is 9.86. The Balaban J connectivity index is 2.13. The number of allylic oxidation sites excluding steroid dienone is 8. The first-order chi connectivity index (χ1) is 16.8. The van der Waals surface area contributed by atoms with Crippen molar-refractivity contribution in [2.24, 2.45) is 5.92 Å². The lowest BCUT2D eigenvalue weighted by Crippen LogP contribution is -2.24. The second-order valence-electron chi connectivity index (χ2n) is 9.90. The van der Waals surface area contributed by atoms with Gasteiger partial charge in [-0.2, -0.15) is 0 Å². The molecule has 35 heavy (non-hydrogen) atoms. The van der Waals surface area contributed by atoms with Crippen molar-refractivity contribution < 1.29 is 0 Å². The predicted molar refractivity (Wildman–Crippen MR) is 157 cm³/mol. The van der Waals surface area contributed by atoms with Gasteiger partial charge in [0.2, 0.25) is 0 Å². The minimum Gasteiger partial charge on any atom is -0.368 e. The Hall–Kier alpha value is -3.32. The fraction of sp³-hybridized carbons (Fsp3) is 0.294. The van der Waals surface area contributed by atoms with E-state index in [0.29, 0.717) is 5.92 Å². The molecular weight excluding hydrogens is 422 g/mol. The van der Waals surface area contributed by atoms with E-state index in [4.69, 9.17) is 0 Å².